The van der Waals surface area contributed by atoms with Crippen LogP contribution in [0.1, 0.15) is 12.5 Å². The summed E-state index contributed by atoms with van der Waals surface area (Å²) in [6, 6.07) is 4.14. The number of halogens is 3. The van der Waals surface area contributed by atoms with E-state index in [0.29, 0.717) is 5.58 Å². The Balaban J connectivity index is 2.47. The van der Waals surface area contributed by atoms with Crippen molar-refractivity contribution in [3.05, 3.63) is 36.1 Å². The standard InChI is InChI=1S/C13H14F3NO2/c1-12(18,11(17-2)13(14,15)16)9-4-3-8-5-6-19-10(8)7-9/h3-7,11,17-18H,1-2H3. The largest absolute Gasteiger partial charge is 0.464 e. The number of hydrogen-bond acceptors (Lipinski definition) is 3. The Hall–Kier alpha value is -1.53. The molecule has 2 unspecified atom stereocenters. The SMILES string of the molecule is CNC(C(F)(F)F)C(C)(O)c1ccc2ccoc2c1. The first-order chi connectivity index (χ1) is 8.76. The monoisotopic (exact) mass is 273 g/mol. The zero-order valence-corrected chi connectivity index (χ0v) is 10.5. The number of alkyl halides is 3. The molecule has 0 fully saturated rings. The van der Waals surface area contributed by atoms with Gasteiger partial charge >= 0.3 is 6.18 Å². The lowest BCUT2D eigenvalue weighted by molar-refractivity contribution is -0.200. The minimum absolute atomic E-state index is 0.145. The van der Waals surface area contributed by atoms with Gasteiger partial charge in [-0.05, 0) is 31.7 Å². The molecule has 19 heavy (non-hydrogen) atoms. The quantitative estimate of drug-likeness (QED) is 0.904. The van der Waals surface area contributed by atoms with Gasteiger partial charge in [-0.3, -0.25) is 0 Å². The van der Waals surface area contributed by atoms with E-state index in [2.05, 4.69) is 5.32 Å². The van der Waals surface area contributed by atoms with E-state index in [1.165, 1.54) is 18.4 Å². The van der Waals surface area contributed by atoms with Crippen LogP contribution in [0.15, 0.2) is 34.9 Å². The van der Waals surface area contributed by atoms with Gasteiger partial charge in [-0.15, -0.1) is 0 Å². The molecule has 0 aliphatic rings. The van der Waals surface area contributed by atoms with Gasteiger partial charge in [-0.25, -0.2) is 0 Å². The lowest BCUT2D eigenvalue weighted by Crippen LogP contribution is -2.54. The smallest absolute Gasteiger partial charge is 0.406 e. The van der Waals surface area contributed by atoms with Gasteiger partial charge in [-0.1, -0.05) is 12.1 Å². The molecule has 2 atom stereocenters. The van der Waals surface area contributed by atoms with Crippen LogP contribution < -0.4 is 5.32 Å². The number of furan rings is 1. The van der Waals surface area contributed by atoms with Crippen LogP contribution in [0.3, 0.4) is 0 Å². The Labute approximate surface area is 108 Å². The lowest BCUT2D eigenvalue weighted by atomic mass is 9.87. The minimum atomic E-state index is -4.56. The molecule has 2 rings (SSSR count). The van der Waals surface area contributed by atoms with Crippen molar-refractivity contribution >= 4 is 11.0 Å². The van der Waals surface area contributed by atoms with Gasteiger partial charge < -0.3 is 14.8 Å². The van der Waals surface area contributed by atoms with E-state index >= 15 is 0 Å². The van der Waals surface area contributed by atoms with E-state index in [0.717, 1.165) is 19.4 Å². The third kappa shape index (κ3) is 2.46. The molecule has 0 radical (unpaired) electrons. The maximum atomic E-state index is 12.9. The van der Waals surface area contributed by atoms with E-state index in [1.54, 1.807) is 12.1 Å². The molecule has 2 N–H and O–H groups in total. The molecule has 1 heterocycles. The first-order valence-corrected chi connectivity index (χ1v) is 5.71. The Bertz CT molecular complexity index is 575. The van der Waals surface area contributed by atoms with Gasteiger partial charge in [0, 0.05) is 5.39 Å². The number of rotatable bonds is 3. The van der Waals surface area contributed by atoms with E-state index in [4.69, 9.17) is 4.42 Å². The molecule has 2 aromatic rings. The summed E-state index contributed by atoms with van der Waals surface area (Å²) >= 11 is 0. The summed E-state index contributed by atoms with van der Waals surface area (Å²) in [4.78, 5) is 0. The lowest BCUT2D eigenvalue weighted by Gasteiger charge is -2.34. The molecule has 0 saturated heterocycles. The molecule has 0 aliphatic heterocycles. The fourth-order valence-electron chi connectivity index (χ4n) is 2.20. The molecule has 3 nitrogen and oxygen atoms in total. The van der Waals surface area contributed by atoms with Crippen LogP contribution in [0.25, 0.3) is 11.0 Å². The van der Waals surface area contributed by atoms with Crippen LogP contribution in [-0.2, 0) is 5.60 Å². The van der Waals surface area contributed by atoms with Crippen LogP contribution in [-0.4, -0.2) is 24.4 Å². The van der Waals surface area contributed by atoms with Crippen molar-refractivity contribution in [2.45, 2.75) is 24.7 Å². The second kappa shape index (κ2) is 4.54. The molecule has 0 saturated carbocycles. The van der Waals surface area contributed by atoms with Crippen LogP contribution in [0, 0.1) is 0 Å². The fourth-order valence-corrected chi connectivity index (χ4v) is 2.20. The van der Waals surface area contributed by atoms with E-state index in [9.17, 15) is 18.3 Å². The van der Waals surface area contributed by atoms with Crippen LogP contribution in [0.2, 0.25) is 0 Å². The number of fused-ring (bicyclic) bond motifs is 1. The second-order valence-corrected chi connectivity index (χ2v) is 4.58. The van der Waals surface area contributed by atoms with Gasteiger partial charge in [0.15, 0.2) is 0 Å². The summed E-state index contributed by atoms with van der Waals surface area (Å²) in [5.41, 5.74) is -1.50. The highest BCUT2D eigenvalue weighted by Crippen LogP contribution is 2.35. The predicted octanol–water partition coefficient (Wildman–Crippen LogP) is 2.79. The number of aliphatic hydroxyl groups is 1. The highest BCUT2D eigenvalue weighted by atomic mass is 19.4. The highest BCUT2D eigenvalue weighted by molar-refractivity contribution is 5.77. The van der Waals surface area contributed by atoms with Gasteiger partial charge in [0.2, 0.25) is 0 Å². The Morgan fingerprint density at radius 3 is 2.53 bits per heavy atom. The zero-order chi connectivity index (χ0) is 14.3. The van der Waals surface area contributed by atoms with Crippen molar-refractivity contribution in [3.63, 3.8) is 0 Å². The van der Waals surface area contributed by atoms with Crippen molar-refractivity contribution < 1.29 is 22.7 Å². The van der Waals surface area contributed by atoms with Crippen LogP contribution in [0.5, 0.6) is 0 Å². The molecule has 104 valence electrons. The number of hydrogen-bond donors (Lipinski definition) is 2. The number of likely N-dealkylation sites (N-methyl/N-ethyl adjacent to an activating group) is 1. The third-order valence-electron chi connectivity index (χ3n) is 3.22. The number of benzene rings is 1. The average Bonchev–Trinajstić information content (AvgIpc) is 2.73. The van der Waals surface area contributed by atoms with Crippen LogP contribution in [0.4, 0.5) is 13.2 Å². The normalized spacial score (nSPS) is 17.4. The zero-order valence-electron chi connectivity index (χ0n) is 10.5. The van der Waals surface area contributed by atoms with Gasteiger partial charge in [0.25, 0.3) is 0 Å². The Kier molecular flexibility index (Phi) is 3.32. The minimum Gasteiger partial charge on any atom is -0.464 e. The van der Waals surface area contributed by atoms with Crippen molar-refractivity contribution in [1.29, 1.82) is 0 Å². The van der Waals surface area contributed by atoms with Crippen molar-refractivity contribution in [2.24, 2.45) is 0 Å². The predicted molar refractivity (Wildman–Crippen MR) is 64.7 cm³/mol. The summed E-state index contributed by atoms with van der Waals surface area (Å²) in [5.74, 6) is 0. The third-order valence-corrected chi connectivity index (χ3v) is 3.22. The number of nitrogens with one attached hydrogen (secondary N) is 1. The molecule has 0 aliphatic carbocycles. The molecular formula is C13H14F3NO2. The van der Waals surface area contributed by atoms with Gasteiger partial charge in [0.05, 0.1) is 6.26 Å². The molecule has 0 spiro atoms. The second-order valence-electron chi connectivity index (χ2n) is 4.58. The first kappa shape index (κ1) is 13.9. The van der Waals surface area contributed by atoms with Crippen molar-refractivity contribution in [3.8, 4) is 0 Å². The highest BCUT2D eigenvalue weighted by Gasteiger charge is 2.50. The van der Waals surface area contributed by atoms with Gasteiger partial charge in [0.1, 0.15) is 17.2 Å². The molecule has 6 heteroatoms. The first-order valence-electron chi connectivity index (χ1n) is 5.71. The molecular weight excluding hydrogens is 259 g/mol. The van der Waals surface area contributed by atoms with Crippen molar-refractivity contribution in [1.82, 2.24) is 5.32 Å². The maximum Gasteiger partial charge on any atom is 0.406 e. The van der Waals surface area contributed by atoms with E-state index < -0.39 is 17.8 Å². The van der Waals surface area contributed by atoms with E-state index in [1.807, 2.05) is 0 Å². The van der Waals surface area contributed by atoms with Crippen molar-refractivity contribution in [2.75, 3.05) is 7.05 Å². The summed E-state index contributed by atoms with van der Waals surface area (Å²) in [6.07, 6.45) is -3.11. The van der Waals surface area contributed by atoms with Crippen LogP contribution >= 0.6 is 0 Å². The summed E-state index contributed by atoms with van der Waals surface area (Å²) in [6.45, 7) is 1.13. The molecule has 1 aromatic heterocycles. The molecule has 0 amide bonds. The maximum absolute atomic E-state index is 12.9. The molecule has 1 aromatic carbocycles. The van der Waals surface area contributed by atoms with Gasteiger partial charge in [-0.2, -0.15) is 13.2 Å². The summed E-state index contributed by atoms with van der Waals surface area (Å²) in [7, 11) is 1.16. The summed E-state index contributed by atoms with van der Waals surface area (Å²) < 4.78 is 43.9. The summed E-state index contributed by atoms with van der Waals surface area (Å²) in [5, 5.41) is 13.1. The molecule has 0 bridgehead atoms. The average molecular weight is 273 g/mol. The fraction of sp³-hybridized carbons (Fsp3) is 0.385. The topological polar surface area (TPSA) is 45.4 Å². The Morgan fingerprint density at radius 1 is 1.26 bits per heavy atom. The Morgan fingerprint density at radius 2 is 1.95 bits per heavy atom. The van der Waals surface area contributed by atoms with E-state index in [-0.39, 0.29) is 5.56 Å².